The van der Waals surface area contributed by atoms with Gasteiger partial charge in [0.2, 0.25) is 5.91 Å². The number of pyridine rings is 1. The first-order valence-corrected chi connectivity index (χ1v) is 8.14. The molecule has 1 aromatic carbocycles. The fourth-order valence-corrected chi connectivity index (χ4v) is 4.18. The first-order valence-electron chi connectivity index (χ1n) is 8.14. The van der Waals surface area contributed by atoms with Gasteiger partial charge in [-0.05, 0) is 42.5 Å². The molecular weight excluding hydrogens is 291 g/mol. The van der Waals surface area contributed by atoms with Gasteiger partial charge < -0.3 is 4.90 Å². The Balaban J connectivity index is 1.65. The molecule has 0 unspecified atom stereocenters. The summed E-state index contributed by atoms with van der Waals surface area (Å²) in [6.45, 7) is 0. The Labute approximate surface area is 135 Å². The molecule has 0 N–H and O–H groups in total. The van der Waals surface area contributed by atoms with E-state index >= 15 is 0 Å². The summed E-state index contributed by atoms with van der Waals surface area (Å²) in [5, 5.41) is 0. The number of carbonyl (C=O) groups excluding carboxylic acids is 1. The van der Waals surface area contributed by atoms with Crippen LogP contribution in [-0.2, 0) is 4.79 Å². The Morgan fingerprint density at radius 2 is 2.04 bits per heavy atom. The second-order valence-corrected chi connectivity index (χ2v) is 6.57. The maximum absolute atomic E-state index is 13.3. The average Bonchev–Trinajstić information content (AvgIpc) is 3.12. The van der Waals surface area contributed by atoms with Crippen molar-refractivity contribution in [3.05, 3.63) is 54.1 Å². The SMILES string of the molecule is CN1C(=O)[C@H](c2ccc(-c3cccc(F)c3)cn2)[C@H]2CCC[C@H]21. The smallest absolute Gasteiger partial charge is 0.232 e. The van der Waals surface area contributed by atoms with Crippen molar-refractivity contribution in [3.63, 3.8) is 0 Å². The van der Waals surface area contributed by atoms with E-state index in [0.29, 0.717) is 12.0 Å². The number of carbonyl (C=O) groups is 1. The minimum absolute atomic E-state index is 0.117. The first-order chi connectivity index (χ1) is 11.1. The molecule has 1 aliphatic carbocycles. The normalized spacial score (nSPS) is 26.6. The topological polar surface area (TPSA) is 33.2 Å². The fourth-order valence-electron chi connectivity index (χ4n) is 4.18. The van der Waals surface area contributed by atoms with Gasteiger partial charge in [-0.25, -0.2) is 4.39 Å². The van der Waals surface area contributed by atoms with Crippen LogP contribution in [0.25, 0.3) is 11.1 Å². The lowest BCUT2D eigenvalue weighted by Gasteiger charge is -2.17. The van der Waals surface area contributed by atoms with Crippen LogP contribution >= 0.6 is 0 Å². The highest BCUT2D eigenvalue weighted by Gasteiger charge is 2.49. The molecule has 2 heterocycles. The molecule has 0 radical (unpaired) electrons. The lowest BCUT2D eigenvalue weighted by molar-refractivity contribution is -0.129. The molecule has 4 heteroatoms. The zero-order valence-corrected chi connectivity index (χ0v) is 13.1. The second-order valence-electron chi connectivity index (χ2n) is 6.57. The Kier molecular flexibility index (Phi) is 3.40. The van der Waals surface area contributed by atoms with Crippen LogP contribution in [0.4, 0.5) is 4.39 Å². The Hall–Kier alpha value is -2.23. The molecule has 1 aromatic heterocycles. The molecule has 1 saturated carbocycles. The van der Waals surface area contributed by atoms with Gasteiger partial charge >= 0.3 is 0 Å². The van der Waals surface area contributed by atoms with Crippen LogP contribution in [0.15, 0.2) is 42.6 Å². The zero-order valence-electron chi connectivity index (χ0n) is 13.1. The number of likely N-dealkylation sites (N-methyl/N-ethyl adjacent to an activating group) is 1. The number of fused-ring (bicyclic) bond motifs is 1. The van der Waals surface area contributed by atoms with Gasteiger partial charge in [0.15, 0.2) is 0 Å². The van der Waals surface area contributed by atoms with Gasteiger partial charge in [0.05, 0.1) is 11.6 Å². The van der Waals surface area contributed by atoms with Crippen molar-refractivity contribution in [2.24, 2.45) is 5.92 Å². The van der Waals surface area contributed by atoms with E-state index in [1.807, 2.05) is 30.1 Å². The molecule has 1 aliphatic heterocycles. The predicted molar refractivity (Wildman–Crippen MR) is 86.3 cm³/mol. The van der Waals surface area contributed by atoms with E-state index < -0.39 is 0 Å². The van der Waals surface area contributed by atoms with Crippen molar-refractivity contribution < 1.29 is 9.18 Å². The van der Waals surface area contributed by atoms with E-state index in [1.54, 1.807) is 12.3 Å². The van der Waals surface area contributed by atoms with Crippen molar-refractivity contribution in [2.75, 3.05) is 7.05 Å². The molecule has 0 bridgehead atoms. The van der Waals surface area contributed by atoms with Gasteiger partial charge in [-0.15, -0.1) is 0 Å². The lowest BCUT2D eigenvalue weighted by atomic mass is 9.88. The summed E-state index contributed by atoms with van der Waals surface area (Å²) < 4.78 is 13.3. The van der Waals surface area contributed by atoms with Gasteiger partial charge in [0.1, 0.15) is 5.82 Å². The van der Waals surface area contributed by atoms with Gasteiger partial charge in [-0.2, -0.15) is 0 Å². The summed E-state index contributed by atoms with van der Waals surface area (Å²) in [5.74, 6) is 0.202. The molecule has 3 atom stereocenters. The standard InChI is InChI=1S/C19H19FN2O/c1-22-17-7-3-6-15(17)18(19(22)23)16-9-8-13(11-21-16)12-4-2-5-14(20)10-12/h2,4-5,8-11,15,17-18H,3,6-7H2,1H3/t15-,17+,18-/m0/s1. The van der Waals surface area contributed by atoms with Crippen LogP contribution in [0.2, 0.25) is 0 Å². The molecule has 0 spiro atoms. The van der Waals surface area contributed by atoms with E-state index in [1.165, 1.54) is 18.6 Å². The van der Waals surface area contributed by atoms with E-state index in [0.717, 1.165) is 29.7 Å². The number of likely N-dealkylation sites (tertiary alicyclic amines) is 1. The average molecular weight is 310 g/mol. The minimum Gasteiger partial charge on any atom is -0.342 e. The van der Waals surface area contributed by atoms with E-state index in [9.17, 15) is 9.18 Å². The number of hydrogen-bond acceptors (Lipinski definition) is 2. The number of nitrogens with zero attached hydrogens (tertiary/aromatic N) is 2. The van der Waals surface area contributed by atoms with Crippen molar-refractivity contribution in [1.82, 2.24) is 9.88 Å². The number of halogens is 1. The molecule has 3 nitrogen and oxygen atoms in total. The first kappa shape index (κ1) is 14.4. The molecule has 118 valence electrons. The molecule has 1 amide bonds. The summed E-state index contributed by atoms with van der Waals surface area (Å²) in [7, 11) is 1.91. The van der Waals surface area contributed by atoms with E-state index in [2.05, 4.69) is 4.98 Å². The Bertz CT molecular complexity index is 743. The maximum atomic E-state index is 13.3. The third kappa shape index (κ3) is 2.33. The molecule has 4 rings (SSSR count). The molecule has 2 aromatic rings. The highest BCUT2D eigenvalue weighted by atomic mass is 19.1. The summed E-state index contributed by atoms with van der Waals surface area (Å²) >= 11 is 0. The molecule has 2 aliphatic rings. The Morgan fingerprint density at radius 3 is 2.78 bits per heavy atom. The lowest BCUT2D eigenvalue weighted by Crippen LogP contribution is -2.29. The van der Waals surface area contributed by atoms with Crippen molar-refractivity contribution >= 4 is 5.91 Å². The maximum Gasteiger partial charge on any atom is 0.232 e. The van der Waals surface area contributed by atoms with Crippen LogP contribution in [0, 0.1) is 11.7 Å². The van der Waals surface area contributed by atoms with Crippen molar-refractivity contribution in [1.29, 1.82) is 0 Å². The Morgan fingerprint density at radius 1 is 1.17 bits per heavy atom. The van der Waals surface area contributed by atoms with Crippen LogP contribution in [0.1, 0.15) is 30.9 Å². The third-order valence-corrected chi connectivity index (χ3v) is 5.33. The zero-order chi connectivity index (χ0) is 16.0. The summed E-state index contributed by atoms with van der Waals surface area (Å²) in [5.41, 5.74) is 2.52. The second kappa shape index (κ2) is 5.44. The number of amides is 1. The summed E-state index contributed by atoms with van der Waals surface area (Å²) in [6.07, 6.45) is 5.13. The number of aromatic nitrogens is 1. The molecule has 2 fully saturated rings. The van der Waals surface area contributed by atoms with Gasteiger partial charge in [0, 0.05) is 24.8 Å². The minimum atomic E-state index is -0.257. The quantitative estimate of drug-likeness (QED) is 0.849. The van der Waals surface area contributed by atoms with Gasteiger partial charge in [-0.1, -0.05) is 24.6 Å². The predicted octanol–water partition coefficient (Wildman–Crippen LogP) is 3.61. The highest BCUT2D eigenvalue weighted by Crippen LogP contribution is 2.45. The van der Waals surface area contributed by atoms with E-state index in [4.69, 9.17) is 0 Å². The largest absolute Gasteiger partial charge is 0.342 e. The highest BCUT2D eigenvalue weighted by molar-refractivity contribution is 5.86. The van der Waals surface area contributed by atoms with Gasteiger partial charge in [-0.3, -0.25) is 9.78 Å². The number of benzene rings is 1. The van der Waals surface area contributed by atoms with Gasteiger partial charge in [0.25, 0.3) is 0 Å². The van der Waals surface area contributed by atoms with Crippen LogP contribution in [0.5, 0.6) is 0 Å². The van der Waals surface area contributed by atoms with Crippen LogP contribution in [0.3, 0.4) is 0 Å². The van der Waals surface area contributed by atoms with Crippen molar-refractivity contribution in [2.45, 2.75) is 31.2 Å². The monoisotopic (exact) mass is 310 g/mol. The molecule has 23 heavy (non-hydrogen) atoms. The fraction of sp³-hybridized carbons (Fsp3) is 0.368. The third-order valence-electron chi connectivity index (χ3n) is 5.33. The molecular formula is C19H19FN2O. The number of hydrogen-bond donors (Lipinski definition) is 0. The van der Waals surface area contributed by atoms with Crippen molar-refractivity contribution in [3.8, 4) is 11.1 Å². The molecule has 1 saturated heterocycles. The summed E-state index contributed by atoms with van der Waals surface area (Å²) in [6, 6.07) is 10.7. The number of rotatable bonds is 2. The summed E-state index contributed by atoms with van der Waals surface area (Å²) in [4.78, 5) is 19.0. The van der Waals surface area contributed by atoms with E-state index in [-0.39, 0.29) is 17.6 Å². The van der Waals surface area contributed by atoms with Crippen LogP contribution < -0.4 is 0 Å². The van der Waals surface area contributed by atoms with Crippen LogP contribution in [-0.4, -0.2) is 28.9 Å².